The fraction of sp³-hybridized carbons (Fsp3) is 0.600. The molecule has 0 saturated carbocycles. The number of benzene rings is 1. The average molecular weight is 377 g/mol. The summed E-state index contributed by atoms with van der Waals surface area (Å²) in [5.74, 6) is 0.0880. The van der Waals surface area contributed by atoms with Crippen molar-refractivity contribution >= 4 is 11.8 Å². The molecule has 2 N–H and O–H groups in total. The van der Waals surface area contributed by atoms with Crippen molar-refractivity contribution in [2.45, 2.75) is 33.0 Å². The summed E-state index contributed by atoms with van der Waals surface area (Å²) in [5, 5.41) is 5.89. The standard InChI is InChI=1S/C20H32N4O3/c1-16(2)22-20(26)14-24-9-7-23(8-10-24)13-19(25)21-12-17-5-4-6-18(11-17)15-27-3/h4-6,11,16H,7-10,12-15H2,1-3H3,(H,21,25)(H,22,26). The Morgan fingerprint density at radius 2 is 1.63 bits per heavy atom. The highest BCUT2D eigenvalue weighted by Crippen LogP contribution is 2.06. The highest BCUT2D eigenvalue weighted by molar-refractivity contribution is 5.78. The van der Waals surface area contributed by atoms with Crippen LogP contribution in [0.2, 0.25) is 0 Å². The maximum Gasteiger partial charge on any atom is 0.234 e. The second kappa shape index (κ2) is 11.0. The number of nitrogens with one attached hydrogen (secondary N) is 2. The first-order chi connectivity index (χ1) is 13.0. The Morgan fingerprint density at radius 1 is 1.04 bits per heavy atom. The third kappa shape index (κ3) is 8.07. The predicted molar refractivity (Wildman–Crippen MR) is 105 cm³/mol. The van der Waals surface area contributed by atoms with Crippen LogP contribution in [-0.2, 0) is 27.5 Å². The number of methoxy groups -OCH3 is 1. The lowest BCUT2D eigenvalue weighted by Crippen LogP contribution is -2.51. The van der Waals surface area contributed by atoms with Crippen LogP contribution in [0.3, 0.4) is 0 Å². The summed E-state index contributed by atoms with van der Waals surface area (Å²) in [5.41, 5.74) is 2.17. The lowest BCUT2D eigenvalue weighted by atomic mass is 10.1. The molecule has 0 spiro atoms. The molecule has 0 unspecified atom stereocenters. The molecule has 2 rings (SSSR count). The van der Waals surface area contributed by atoms with E-state index in [4.69, 9.17) is 4.74 Å². The minimum absolute atomic E-state index is 0.0261. The van der Waals surface area contributed by atoms with Crippen LogP contribution >= 0.6 is 0 Å². The van der Waals surface area contributed by atoms with Crippen LogP contribution < -0.4 is 10.6 Å². The Balaban J connectivity index is 1.67. The third-order valence-electron chi connectivity index (χ3n) is 4.44. The zero-order chi connectivity index (χ0) is 19.6. The number of piperazine rings is 1. The molecule has 1 aromatic rings. The normalized spacial score (nSPS) is 15.7. The van der Waals surface area contributed by atoms with E-state index >= 15 is 0 Å². The molecule has 0 atom stereocenters. The number of hydrogen-bond acceptors (Lipinski definition) is 5. The fourth-order valence-corrected chi connectivity index (χ4v) is 3.13. The second-order valence-corrected chi connectivity index (χ2v) is 7.30. The van der Waals surface area contributed by atoms with Crippen molar-refractivity contribution in [1.82, 2.24) is 20.4 Å². The molecule has 1 aliphatic heterocycles. The molecule has 0 aliphatic carbocycles. The van der Waals surface area contributed by atoms with E-state index < -0.39 is 0 Å². The van der Waals surface area contributed by atoms with Crippen molar-refractivity contribution in [2.75, 3.05) is 46.4 Å². The topological polar surface area (TPSA) is 73.9 Å². The van der Waals surface area contributed by atoms with E-state index in [0.29, 0.717) is 26.2 Å². The molecule has 0 radical (unpaired) electrons. The first kappa shape index (κ1) is 21.3. The highest BCUT2D eigenvalue weighted by Gasteiger charge is 2.20. The maximum absolute atomic E-state index is 12.2. The summed E-state index contributed by atoms with van der Waals surface area (Å²) in [6, 6.07) is 8.20. The van der Waals surface area contributed by atoms with Gasteiger partial charge in [0.2, 0.25) is 11.8 Å². The first-order valence-corrected chi connectivity index (χ1v) is 9.54. The van der Waals surface area contributed by atoms with Gasteiger partial charge >= 0.3 is 0 Å². The Kier molecular flexibility index (Phi) is 8.71. The molecule has 2 amide bonds. The molecule has 27 heavy (non-hydrogen) atoms. The Bertz CT molecular complexity index is 613. The molecular weight excluding hydrogens is 344 g/mol. The number of rotatable bonds is 9. The van der Waals surface area contributed by atoms with Gasteiger partial charge in [-0.3, -0.25) is 19.4 Å². The van der Waals surface area contributed by atoms with Crippen LogP contribution in [0, 0.1) is 0 Å². The number of nitrogens with zero attached hydrogens (tertiary/aromatic N) is 2. The van der Waals surface area contributed by atoms with Crippen molar-refractivity contribution in [3.05, 3.63) is 35.4 Å². The van der Waals surface area contributed by atoms with Gasteiger partial charge in [0.05, 0.1) is 19.7 Å². The molecule has 0 bridgehead atoms. The summed E-state index contributed by atoms with van der Waals surface area (Å²) in [6.45, 7) is 9.03. The van der Waals surface area contributed by atoms with E-state index in [1.54, 1.807) is 7.11 Å². The van der Waals surface area contributed by atoms with Crippen LogP contribution in [0.1, 0.15) is 25.0 Å². The average Bonchev–Trinajstić information content (AvgIpc) is 2.62. The molecule has 0 aromatic heterocycles. The molecule has 150 valence electrons. The van der Waals surface area contributed by atoms with Crippen LogP contribution in [0.4, 0.5) is 0 Å². The van der Waals surface area contributed by atoms with Crippen LogP contribution in [0.15, 0.2) is 24.3 Å². The zero-order valence-electron chi connectivity index (χ0n) is 16.7. The smallest absolute Gasteiger partial charge is 0.234 e. The van der Waals surface area contributed by atoms with Gasteiger partial charge in [0.25, 0.3) is 0 Å². The molecule has 7 nitrogen and oxygen atoms in total. The van der Waals surface area contributed by atoms with Crippen molar-refractivity contribution < 1.29 is 14.3 Å². The SMILES string of the molecule is COCc1cccc(CNC(=O)CN2CCN(CC(=O)NC(C)C)CC2)c1. The predicted octanol–water partition coefficient (Wildman–Crippen LogP) is 0.591. The van der Waals surface area contributed by atoms with Gasteiger partial charge in [-0.2, -0.15) is 0 Å². The number of amides is 2. The third-order valence-corrected chi connectivity index (χ3v) is 4.44. The first-order valence-electron chi connectivity index (χ1n) is 9.54. The van der Waals surface area contributed by atoms with Gasteiger partial charge in [-0.25, -0.2) is 0 Å². The Labute approximate surface area is 162 Å². The summed E-state index contributed by atoms with van der Waals surface area (Å²) in [4.78, 5) is 28.3. The lowest BCUT2D eigenvalue weighted by molar-refractivity contribution is -0.125. The van der Waals surface area contributed by atoms with E-state index in [-0.39, 0.29) is 17.9 Å². The number of carbonyl (C=O) groups is 2. The number of hydrogen-bond donors (Lipinski definition) is 2. The van der Waals surface area contributed by atoms with Gasteiger partial charge in [-0.05, 0) is 25.0 Å². The quantitative estimate of drug-likeness (QED) is 0.660. The van der Waals surface area contributed by atoms with Gasteiger partial charge in [0, 0.05) is 45.9 Å². The van der Waals surface area contributed by atoms with Crippen molar-refractivity contribution in [1.29, 1.82) is 0 Å². The van der Waals surface area contributed by atoms with E-state index in [0.717, 1.165) is 37.3 Å². The largest absolute Gasteiger partial charge is 0.380 e. The number of carbonyl (C=O) groups excluding carboxylic acids is 2. The molecule has 1 fully saturated rings. The van der Waals surface area contributed by atoms with E-state index in [2.05, 4.69) is 20.4 Å². The number of ether oxygens (including phenoxy) is 1. The van der Waals surface area contributed by atoms with Gasteiger partial charge in [0.15, 0.2) is 0 Å². The lowest BCUT2D eigenvalue weighted by Gasteiger charge is -2.33. The summed E-state index contributed by atoms with van der Waals surface area (Å²) < 4.78 is 5.14. The van der Waals surface area contributed by atoms with Crippen molar-refractivity contribution in [3.8, 4) is 0 Å². The molecule has 1 heterocycles. The molecule has 1 saturated heterocycles. The van der Waals surface area contributed by atoms with Crippen LogP contribution in [-0.4, -0.2) is 74.0 Å². The zero-order valence-corrected chi connectivity index (χ0v) is 16.7. The molecular formula is C20H32N4O3. The minimum Gasteiger partial charge on any atom is -0.380 e. The van der Waals surface area contributed by atoms with Gasteiger partial charge in [0.1, 0.15) is 0 Å². The summed E-state index contributed by atoms with van der Waals surface area (Å²) in [7, 11) is 1.67. The summed E-state index contributed by atoms with van der Waals surface area (Å²) >= 11 is 0. The fourth-order valence-electron chi connectivity index (χ4n) is 3.13. The van der Waals surface area contributed by atoms with Gasteiger partial charge < -0.3 is 15.4 Å². The Morgan fingerprint density at radius 3 is 2.22 bits per heavy atom. The van der Waals surface area contributed by atoms with Crippen LogP contribution in [0.5, 0.6) is 0 Å². The van der Waals surface area contributed by atoms with E-state index in [1.165, 1.54) is 0 Å². The maximum atomic E-state index is 12.2. The van der Waals surface area contributed by atoms with Crippen molar-refractivity contribution in [2.24, 2.45) is 0 Å². The monoisotopic (exact) mass is 376 g/mol. The van der Waals surface area contributed by atoms with E-state index in [1.807, 2.05) is 38.1 Å². The van der Waals surface area contributed by atoms with Gasteiger partial charge in [-0.15, -0.1) is 0 Å². The molecule has 1 aromatic carbocycles. The Hall–Kier alpha value is -1.96. The second-order valence-electron chi connectivity index (χ2n) is 7.30. The minimum atomic E-state index is 0.0261. The summed E-state index contributed by atoms with van der Waals surface area (Å²) in [6.07, 6.45) is 0. The molecule has 1 aliphatic rings. The van der Waals surface area contributed by atoms with Crippen LogP contribution in [0.25, 0.3) is 0 Å². The van der Waals surface area contributed by atoms with E-state index in [9.17, 15) is 9.59 Å². The van der Waals surface area contributed by atoms with Gasteiger partial charge in [-0.1, -0.05) is 24.3 Å². The van der Waals surface area contributed by atoms with Crippen molar-refractivity contribution in [3.63, 3.8) is 0 Å². The molecule has 7 heteroatoms. The highest BCUT2D eigenvalue weighted by atomic mass is 16.5.